The summed E-state index contributed by atoms with van der Waals surface area (Å²) in [5.41, 5.74) is 0.434. The second kappa shape index (κ2) is 8.06. The molecule has 26 heavy (non-hydrogen) atoms. The zero-order chi connectivity index (χ0) is 18.7. The highest BCUT2D eigenvalue weighted by atomic mass is 35.5. The molecule has 1 aliphatic rings. The number of piperidine rings is 1. The van der Waals surface area contributed by atoms with Gasteiger partial charge in [0.1, 0.15) is 5.82 Å². The Bertz CT molecular complexity index is 836. The van der Waals surface area contributed by atoms with E-state index < -0.39 is 5.82 Å². The minimum atomic E-state index is -0.523. The molecule has 0 atom stereocenters. The van der Waals surface area contributed by atoms with Crippen LogP contribution in [0.2, 0.25) is 10.0 Å². The smallest absolute Gasteiger partial charge is 0.256 e. The van der Waals surface area contributed by atoms with E-state index in [0.29, 0.717) is 41.5 Å². The number of carbonyl (C=O) groups excluding carboxylic acids is 2. The summed E-state index contributed by atoms with van der Waals surface area (Å²) in [4.78, 5) is 26.4. The van der Waals surface area contributed by atoms with E-state index in [1.165, 1.54) is 18.2 Å². The molecular weight excluding hydrogens is 378 g/mol. The summed E-state index contributed by atoms with van der Waals surface area (Å²) in [6.45, 7) is 0.902. The van der Waals surface area contributed by atoms with Crippen LogP contribution < -0.4 is 5.32 Å². The minimum absolute atomic E-state index is 0.0704. The van der Waals surface area contributed by atoms with Gasteiger partial charge in [-0.25, -0.2) is 4.39 Å². The summed E-state index contributed by atoms with van der Waals surface area (Å²) in [7, 11) is 0. The van der Waals surface area contributed by atoms with E-state index in [0.717, 1.165) is 0 Å². The van der Waals surface area contributed by atoms with E-state index in [2.05, 4.69) is 5.32 Å². The molecule has 4 nitrogen and oxygen atoms in total. The van der Waals surface area contributed by atoms with Gasteiger partial charge in [0.2, 0.25) is 0 Å². The first-order valence-electron chi connectivity index (χ1n) is 8.25. The molecular formula is C19H17Cl2FN2O2. The van der Waals surface area contributed by atoms with Crippen molar-refractivity contribution in [3.63, 3.8) is 0 Å². The fraction of sp³-hybridized carbons (Fsp3) is 0.263. The number of nitrogens with zero attached hydrogens (tertiary/aromatic N) is 1. The third kappa shape index (κ3) is 4.17. The number of hydrogen-bond acceptors (Lipinski definition) is 2. The number of carbonyl (C=O) groups is 2. The van der Waals surface area contributed by atoms with Gasteiger partial charge in [-0.1, -0.05) is 35.3 Å². The Hall–Kier alpha value is -2.11. The minimum Gasteiger partial charge on any atom is -0.349 e. The van der Waals surface area contributed by atoms with Gasteiger partial charge in [0, 0.05) is 24.2 Å². The first-order valence-corrected chi connectivity index (χ1v) is 9.01. The zero-order valence-corrected chi connectivity index (χ0v) is 15.4. The van der Waals surface area contributed by atoms with Crippen LogP contribution in [0.5, 0.6) is 0 Å². The summed E-state index contributed by atoms with van der Waals surface area (Å²) in [6, 6.07) is 10.6. The second-order valence-corrected chi connectivity index (χ2v) is 6.99. The number of halogens is 3. The fourth-order valence-corrected chi connectivity index (χ4v) is 3.46. The summed E-state index contributed by atoms with van der Waals surface area (Å²) < 4.78 is 13.8. The topological polar surface area (TPSA) is 49.4 Å². The van der Waals surface area contributed by atoms with Crippen molar-refractivity contribution in [3.8, 4) is 0 Å². The van der Waals surface area contributed by atoms with Crippen LogP contribution in [0, 0.1) is 5.82 Å². The maximum Gasteiger partial charge on any atom is 0.256 e. The number of rotatable bonds is 3. The molecule has 0 radical (unpaired) electrons. The lowest BCUT2D eigenvalue weighted by molar-refractivity contribution is 0.0693. The van der Waals surface area contributed by atoms with E-state index in [1.54, 1.807) is 29.2 Å². The maximum absolute atomic E-state index is 13.8. The standard InChI is InChI=1S/C19H17Cl2FN2O2/c20-12-5-6-14(16(21)11-12)18(25)23-13-7-9-24(10-8-13)19(26)15-3-1-2-4-17(15)22/h1-6,11,13H,7-10H2,(H,23,25). The van der Waals surface area contributed by atoms with Crippen LogP contribution in [0.1, 0.15) is 33.6 Å². The van der Waals surface area contributed by atoms with Crippen molar-refractivity contribution >= 4 is 35.0 Å². The van der Waals surface area contributed by atoms with Crippen molar-refractivity contribution in [1.29, 1.82) is 0 Å². The summed E-state index contributed by atoms with van der Waals surface area (Å²) in [5.74, 6) is -1.12. The van der Waals surface area contributed by atoms with Crippen molar-refractivity contribution in [2.24, 2.45) is 0 Å². The van der Waals surface area contributed by atoms with Crippen LogP contribution in [0.4, 0.5) is 4.39 Å². The Morgan fingerprint density at radius 2 is 1.73 bits per heavy atom. The molecule has 136 valence electrons. The highest BCUT2D eigenvalue weighted by Gasteiger charge is 2.26. The Labute approximate surface area is 160 Å². The summed E-state index contributed by atoms with van der Waals surface area (Å²) >= 11 is 11.9. The number of benzene rings is 2. The first kappa shape index (κ1) is 18.7. The Balaban J connectivity index is 1.58. The lowest BCUT2D eigenvalue weighted by Crippen LogP contribution is -2.46. The molecule has 0 aromatic heterocycles. The second-order valence-electron chi connectivity index (χ2n) is 6.14. The van der Waals surface area contributed by atoms with Gasteiger partial charge in [-0.2, -0.15) is 0 Å². The molecule has 7 heteroatoms. The predicted molar refractivity (Wildman–Crippen MR) is 99.3 cm³/mol. The quantitative estimate of drug-likeness (QED) is 0.848. The molecule has 1 saturated heterocycles. The first-order chi connectivity index (χ1) is 12.5. The molecule has 1 fully saturated rings. The molecule has 0 spiro atoms. The normalized spacial score (nSPS) is 15.0. The predicted octanol–water partition coefficient (Wildman–Crippen LogP) is 4.17. The lowest BCUT2D eigenvalue weighted by Gasteiger charge is -2.32. The van der Waals surface area contributed by atoms with Crippen molar-refractivity contribution in [1.82, 2.24) is 10.2 Å². The van der Waals surface area contributed by atoms with E-state index in [-0.39, 0.29) is 23.4 Å². The van der Waals surface area contributed by atoms with Crippen LogP contribution in [0.25, 0.3) is 0 Å². The van der Waals surface area contributed by atoms with Crippen molar-refractivity contribution in [2.45, 2.75) is 18.9 Å². The monoisotopic (exact) mass is 394 g/mol. The molecule has 1 N–H and O–H groups in total. The number of amides is 2. The molecule has 2 aromatic rings. The molecule has 0 aliphatic carbocycles. The molecule has 2 amide bonds. The Kier molecular flexibility index (Phi) is 5.79. The molecule has 3 rings (SSSR count). The summed E-state index contributed by atoms with van der Waals surface area (Å²) in [6.07, 6.45) is 1.19. The van der Waals surface area contributed by atoms with Gasteiger partial charge in [0.05, 0.1) is 16.1 Å². The molecule has 1 heterocycles. The largest absolute Gasteiger partial charge is 0.349 e. The SMILES string of the molecule is O=C(NC1CCN(C(=O)c2ccccc2F)CC1)c1ccc(Cl)cc1Cl. The highest BCUT2D eigenvalue weighted by molar-refractivity contribution is 6.36. The van der Waals surface area contributed by atoms with Crippen LogP contribution in [0.15, 0.2) is 42.5 Å². The van der Waals surface area contributed by atoms with Crippen LogP contribution in [0.3, 0.4) is 0 Å². The average molecular weight is 395 g/mol. The Morgan fingerprint density at radius 1 is 1.04 bits per heavy atom. The number of hydrogen-bond donors (Lipinski definition) is 1. The zero-order valence-electron chi connectivity index (χ0n) is 13.8. The van der Waals surface area contributed by atoms with Gasteiger partial charge >= 0.3 is 0 Å². The third-order valence-electron chi connectivity index (χ3n) is 4.40. The Morgan fingerprint density at radius 3 is 2.38 bits per heavy atom. The highest BCUT2D eigenvalue weighted by Crippen LogP contribution is 2.22. The van der Waals surface area contributed by atoms with Crippen molar-refractivity contribution in [3.05, 3.63) is 69.5 Å². The number of nitrogens with one attached hydrogen (secondary N) is 1. The van der Waals surface area contributed by atoms with Gasteiger partial charge in [-0.05, 0) is 43.2 Å². The fourth-order valence-electron chi connectivity index (χ4n) is 2.97. The van der Waals surface area contributed by atoms with Gasteiger partial charge in [0.15, 0.2) is 0 Å². The molecule has 0 bridgehead atoms. The maximum atomic E-state index is 13.8. The average Bonchev–Trinajstić information content (AvgIpc) is 2.62. The van der Waals surface area contributed by atoms with Crippen LogP contribution in [-0.2, 0) is 0 Å². The molecule has 0 unspecified atom stereocenters. The van der Waals surface area contributed by atoms with Gasteiger partial charge in [0.25, 0.3) is 11.8 Å². The molecule has 0 saturated carbocycles. The van der Waals surface area contributed by atoms with E-state index >= 15 is 0 Å². The van der Waals surface area contributed by atoms with E-state index in [9.17, 15) is 14.0 Å². The van der Waals surface area contributed by atoms with Crippen molar-refractivity contribution < 1.29 is 14.0 Å². The van der Waals surface area contributed by atoms with Crippen LogP contribution in [-0.4, -0.2) is 35.8 Å². The van der Waals surface area contributed by atoms with Gasteiger partial charge in [-0.15, -0.1) is 0 Å². The van der Waals surface area contributed by atoms with Gasteiger partial charge in [-0.3, -0.25) is 9.59 Å². The third-order valence-corrected chi connectivity index (χ3v) is 4.95. The summed E-state index contributed by atoms with van der Waals surface area (Å²) in [5, 5.41) is 3.69. The molecule has 2 aromatic carbocycles. The van der Waals surface area contributed by atoms with Crippen LogP contribution >= 0.6 is 23.2 Å². The van der Waals surface area contributed by atoms with E-state index in [1.807, 2.05) is 0 Å². The lowest BCUT2D eigenvalue weighted by atomic mass is 10.0. The van der Waals surface area contributed by atoms with E-state index in [4.69, 9.17) is 23.2 Å². The number of likely N-dealkylation sites (tertiary alicyclic amines) is 1. The van der Waals surface area contributed by atoms with Crippen molar-refractivity contribution in [2.75, 3.05) is 13.1 Å². The van der Waals surface area contributed by atoms with Gasteiger partial charge < -0.3 is 10.2 Å². The molecule has 1 aliphatic heterocycles.